The van der Waals surface area contributed by atoms with Gasteiger partial charge in [0.15, 0.2) is 11.5 Å². The minimum Gasteiger partial charge on any atom is -0.460 e. The van der Waals surface area contributed by atoms with E-state index in [0.29, 0.717) is 29.8 Å². The lowest BCUT2D eigenvalue weighted by molar-refractivity contribution is -0.197. The molecule has 1 aliphatic heterocycles. The molecule has 4 atom stereocenters. The van der Waals surface area contributed by atoms with E-state index in [1.807, 2.05) is 12.1 Å². The van der Waals surface area contributed by atoms with Crippen LogP contribution in [0.4, 0.5) is 0 Å². The third-order valence-corrected chi connectivity index (χ3v) is 7.10. The van der Waals surface area contributed by atoms with Crippen molar-refractivity contribution in [2.75, 3.05) is 6.79 Å². The lowest BCUT2D eigenvalue weighted by Gasteiger charge is -2.58. The molecule has 6 heteroatoms. The number of benzene rings is 1. The SMILES string of the molecule is O=C(OCc1cc2c(cc1Br)OCO2)C12C[C@@H]3C[C@@H](CC(O)(C3)C1)C2. The van der Waals surface area contributed by atoms with Crippen LogP contribution in [0.3, 0.4) is 0 Å². The number of aliphatic hydroxyl groups is 1. The molecule has 1 aromatic rings. The summed E-state index contributed by atoms with van der Waals surface area (Å²) in [7, 11) is 0. The summed E-state index contributed by atoms with van der Waals surface area (Å²) in [5, 5.41) is 10.8. The van der Waals surface area contributed by atoms with Crippen molar-refractivity contribution in [3.8, 4) is 11.5 Å². The Morgan fingerprint density at radius 2 is 1.88 bits per heavy atom. The fourth-order valence-corrected chi connectivity index (χ4v) is 6.26. The molecule has 0 spiro atoms. The van der Waals surface area contributed by atoms with Crippen LogP contribution in [0.1, 0.15) is 44.1 Å². The van der Waals surface area contributed by atoms with E-state index in [-0.39, 0.29) is 19.4 Å². The largest absolute Gasteiger partial charge is 0.460 e. The van der Waals surface area contributed by atoms with Gasteiger partial charge in [-0.05, 0) is 62.5 Å². The Labute approximate surface area is 154 Å². The highest BCUT2D eigenvalue weighted by molar-refractivity contribution is 9.10. The zero-order valence-electron chi connectivity index (χ0n) is 13.9. The van der Waals surface area contributed by atoms with Gasteiger partial charge in [-0.25, -0.2) is 0 Å². The number of hydrogen-bond acceptors (Lipinski definition) is 5. The molecule has 5 nitrogen and oxygen atoms in total. The van der Waals surface area contributed by atoms with E-state index in [9.17, 15) is 9.90 Å². The first-order valence-corrected chi connectivity index (χ1v) is 9.72. The molecule has 4 bridgehead atoms. The monoisotopic (exact) mass is 408 g/mol. The first kappa shape index (κ1) is 15.9. The molecule has 0 amide bonds. The average molecular weight is 409 g/mol. The fraction of sp³-hybridized carbons (Fsp3) is 0.632. The van der Waals surface area contributed by atoms with E-state index < -0.39 is 11.0 Å². The number of esters is 1. The predicted octanol–water partition coefficient (Wildman–Crippen LogP) is 3.55. The van der Waals surface area contributed by atoms with Gasteiger partial charge in [-0.2, -0.15) is 0 Å². The van der Waals surface area contributed by atoms with Crippen molar-refractivity contribution in [1.29, 1.82) is 0 Å². The topological polar surface area (TPSA) is 65.0 Å². The second-order valence-electron chi connectivity index (χ2n) is 8.34. The van der Waals surface area contributed by atoms with E-state index in [1.165, 1.54) is 0 Å². The molecular weight excluding hydrogens is 388 g/mol. The number of rotatable bonds is 3. The zero-order valence-corrected chi connectivity index (χ0v) is 15.5. The van der Waals surface area contributed by atoms with Crippen molar-refractivity contribution in [3.63, 3.8) is 0 Å². The van der Waals surface area contributed by atoms with E-state index in [0.717, 1.165) is 42.1 Å². The lowest BCUT2D eigenvalue weighted by Crippen LogP contribution is -2.58. The average Bonchev–Trinajstić information content (AvgIpc) is 2.96. The van der Waals surface area contributed by atoms with Gasteiger partial charge in [-0.15, -0.1) is 0 Å². The van der Waals surface area contributed by atoms with E-state index in [1.54, 1.807) is 0 Å². The third-order valence-electron chi connectivity index (χ3n) is 6.36. The highest BCUT2D eigenvalue weighted by Gasteiger charge is 2.60. The van der Waals surface area contributed by atoms with Gasteiger partial charge in [0.25, 0.3) is 0 Å². The van der Waals surface area contributed by atoms with Crippen LogP contribution in [0.25, 0.3) is 0 Å². The van der Waals surface area contributed by atoms with Crippen LogP contribution >= 0.6 is 15.9 Å². The van der Waals surface area contributed by atoms with Crippen LogP contribution < -0.4 is 9.47 Å². The number of hydrogen-bond donors (Lipinski definition) is 1. The van der Waals surface area contributed by atoms with Crippen molar-refractivity contribution in [2.24, 2.45) is 17.3 Å². The standard InChI is InChI=1S/C19H21BrO5/c20-14-3-16-15(24-10-25-16)2-13(14)8-23-17(21)18-4-11-1-12(5-18)7-19(22,6-11)9-18/h2-3,11-12,22H,1,4-10H2/t11-,12+,18?,19?. The maximum atomic E-state index is 13.0. The lowest BCUT2D eigenvalue weighted by atomic mass is 9.48. The molecule has 0 aromatic heterocycles. The summed E-state index contributed by atoms with van der Waals surface area (Å²) in [6.45, 7) is 0.418. The number of carbonyl (C=O) groups is 1. The number of halogens is 1. The van der Waals surface area contributed by atoms with Gasteiger partial charge in [0.2, 0.25) is 6.79 Å². The quantitative estimate of drug-likeness (QED) is 0.774. The summed E-state index contributed by atoms with van der Waals surface area (Å²) in [5.41, 5.74) is -0.273. The minimum absolute atomic E-state index is 0.149. The Morgan fingerprint density at radius 1 is 1.20 bits per heavy atom. The summed E-state index contributed by atoms with van der Waals surface area (Å²) in [4.78, 5) is 13.0. The van der Waals surface area contributed by atoms with Crippen LogP contribution in [-0.2, 0) is 16.1 Å². The number of ether oxygens (including phenoxy) is 3. The van der Waals surface area contributed by atoms with Gasteiger partial charge in [-0.3, -0.25) is 4.79 Å². The van der Waals surface area contributed by atoms with Crippen LogP contribution in [0.15, 0.2) is 16.6 Å². The molecule has 2 unspecified atom stereocenters. The normalized spacial score (nSPS) is 37.4. The molecule has 134 valence electrons. The molecule has 0 saturated heterocycles. The van der Waals surface area contributed by atoms with E-state index in [4.69, 9.17) is 14.2 Å². The summed E-state index contributed by atoms with van der Waals surface area (Å²) in [5.74, 6) is 2.17. The first-order valence-electron chi connectivity index (χ1n) is 8.92. The number of carbonyl (C=O) groups excluding carboxylic acids is 1. The van der Waals surface area contributed by atoms with Crippen molar-refractivity contribution < 1.29 is 24.1 Å². The molecule has 25 heavy (non-hydrogen) atoms. The van der Waals surface area contributed by atoms with Crippen molar-refractivity contribution in [2.45, 2.75) is 50.7 Å². The van der Waals surface area contributed by atoms with Gasteiger partial charge in [-0.1, -0.05) is 15.9 Å². The second-order valence-corrected chi connectivity index (χ2v) is 9.19. The maximum absolute atomic E-state index is 13.0. The molecule has 0 radical (unpaired) electrons. The molecule has 4 aliphatic carbocycles. The predicted molar refractivity (Wildman–Crippen MR) is 92.1 cm³/mol. The highest BCUT2D eigenvalue weighted by atomic mass is 79.9. The van der Waals surface area contributed by atoms with Crippen LogP contribution in [-0.4, -0.2) is 23.5 Å². The number of fused-ring (bicyclic) bond motifs is 1. The smallest absolute Gasteiger partial charge is 0.312 e. The van der Waals surface area contributed by atoms with Crippen LogP contribution in [0.2, 0.25) is 0 Å². The van der Waals surface area contributed by atoms with Gasteiger partial charge < -0.3 is 19.3 Å². The Bertz CT molecular complexity index is 732. The third kappa shape index (κ3) is 2.56. The second kappa shape index (κ2) is 5.36. The Kier molecular flexibility index (Phi) is 3.42. The molecule has 4 saturated carbocycles. The fourth-order valence-electron chi connectivity index (χ4n) is 5.82. The first-order chi connectivity index (χ1) is 11.9. The van der Waals surface area contributed by atoms with Crippen molar-refractivity contribution >= 4 is 21.9 Å². The minimum atomic E-state index is -0.650. The molecular formula is C19H21BrO5. The summed E-state index contributed by atoms with van der Waals surface area (Å²) in [6.07, 6.45) is 5.16. The summed E-state index contributed by atoms with van der Waals surface area (Å²) in [6, 6.07) is 3.70. The summed E-state index contributed by atoms with van der Waals surface area (Å²) >= 11 is 3.51. The van der Waals surface area contributed by atoms with Crippen molar-refractivity contribution in [3.05, 3.63) is 22.2 Å². The van der Waals surface area contributed by atoms with E-state index >= 15 is 0 Å². The molecule has 6 rings (SSSR count). The highest BCUT2D eigenvalue weighted by Crippen LogP contribution is 2.62. The molecule has 1 heterocycles. The summed E-state index contributed by atoms with van der Waals surface area (Å²) < 4.78 is 17.3. The van der Waals surface area contributed by atoms with E-state index in [2.05, 4.69) is 15.9 Å². The van der Waals surface area contributed by atoms with Crippen LogP contribution in [0, 0.1) is 17.3 Å². The van der Waals surface area contributed by atoms with Gasteiger partial charge in [0.05, 0.1) is 11.0 Å². The van der Waals surface area contributed by atoms with Gasteiger partial charge in [0, 0.05) is 10.0 Å². The Balaban J connectivity index is 1.33. The maximum Gasteiger partial charge on any atom is 0.312 e. The molecule has 1 aromatic carbocycles. The van der Waals surface area contributed by atoms with Gasteiger partial charge in [0.1, 0.15) is 6.61 Å². The zero-order chi connectivity index (χ0) is 17.2. The van der Waals surface area contributed by atoms with Gasteiger partial charge >= 0.3 is 5.97 Å². The van der Waals surface area contributed by atoms with Crippen LogP contribution in [0.5, 0.6) is 11.5 Å². The Morgan fingerprint density at radius 3 is 2.56 bits per heavy atom. The Hall–Kier alpha value is -1.27. The van der Waals surface area contributed by atoms with Crippen molar-refractivity contribution in [1.82, 2.24) is 0 Å². The molecule has 4 fully saturated rings. The molecule has 1 N–H and O–H groups in total. The molecule has 5 aliphatic rings.